The molecule has 4 saturated heterocycles. The molecule has 1 aromatic heterocycles. The maximum atomic E-state index is 14.6. The topological polar surface area (TPSA) is 423 Å². The molecule has 14 unspecified atom stereocenters. The van der Waals surface area contributed by atoms with Crippen molar-refractivity contribution in [3.8, 4) is 11.3 Å². The van der Waals surface area contributed by atoms with Crippen molar-refractivity contribution in [2.75, 3.05) is 39.4 Å². The van der Waals surface area contributed by atoms with E-state index in [9.17, 15) is 73.9 Å². The zero-order chi connectivity index (χ0) is 69.4. The van der Waals surface area contributed by atoms with Crippen LogP contribution in [-0.4, -0.2) is 251 Å². The molecule has 24 atom stereocenters. The van der Waals surface area contributed by atoms with E-state index in [2.05, 4.69) is 31.6 Å². The third-order valence-corrected chi connectivity index (χ3v) is 20.2. The van der Waals surface area contributed by atoms with Gasteiger partial charge in [-0.25, -0.2) is 13.5 Å². The van der Waals surface area contributed by atoms with Gasteiger partial charge in [-0.15, -0.1) is 5.10 Å². The van der Waals surface area contributed by atoms with Crippen LogP contribution in [0, 0.1) is 35.3 Å². The number of hydrogen-bond donors (Lipinski definition) is 14. The number of halogens is 2. The molecular weight excluding hydrogens is 1280 g/mol. The van der Waals surface area contributed by atoms with Gasteiger partial charge in [-0.3, -0.25) is 19.2 Å². The first-order valence-corrected chi connectivity index (χ1v) is 33.9. The fourth-order valence-corrected chi connectivity index (χ4v) is 14.5. The Balaban J connectivity index is 0.853. The molecule has 29 nitrogen and oxygen atoms in total. The number of aliphatic hydroxyl groups excluding tert-OH is 9. The molecular formula is C66H95F2N9O20. The van der Waals surface area contributed by atoms with E-state index in [0.717, 1.165) is 38.5 Å². The molecule has 0 bridgehead atoms. The van der Waals surface area contributed by atoms with Crippen LogP contribution in [0.5, 0.6) is 0 Å². The van der Waals surface area contributed by atoms with Crippen molar-refractivity contribution in [3.05, 3.63) is 78.1 Å². The van der Waals surface area contributed by atoms with Gasteiger partial charge in [0.15, 0.2) is 18.9 Å². The highest BCUT2D eigenvalue weighted by atomic mass is 19.1. The van der Waals surface area contributed by atoms with E-state index in [0.29, 0.717) is 31.5 Å². The van der Waals surface area contributed by atoms with Crippen molar-refractivity contribution in [3.63, 3.8) is 0 Å². The summed E-state index contributed by atoms with van der Waals surface area (Å²) < 4.78 is 74.3. The number of amides is 4. The van der Waals surface area contributed by atoms with Gasteiger partial charge in [-0.2, -0.15) is 0 Å². The van der Waals surface area contributed by atoms with Gasteiger partial charge in [0, 0.05) is 62.3 Å². The van der Waals surface area contributed by atoms with E-state index >= 15 is 0 Å². The first-order valence-electron chi connectivity index (χ1n) is 33.9. The Morgan fingerprint density at radius 3 is 2.00 bits per heavy atom. The Morgan fingerprint density at radius 2 is 1.35 bits per heavy atom. The standard InChI is InChI=1S/C66H95F2N9O20/c1-4-35-22-38(27-46(59(35)97-66-58(87)57(86)52(81)32(2)91-66)94-64-51(73-33(3)80)60(55(84)49(31-79)95-64)92-47(63(90)76-19-10-20-76)21-34-11-6-5-7-12-34)61(88)70-17-18-71-62(89)39-25-44(77-29-43(74-75-77)37-14-9-16-41(68)24-37)53(82)45(26-39)93-65-56(85)50(54(83)48(30-78)96-65)72-28-42(69)36-13-8-15-40(67)23-36/h8-9,13-16,23-24,28-29,32,34-35,38-39,44-60,64-66,72,78-79,81-87H,4-7,10-12,17-22,25-27,30-31,69H2,1-3H3,(H,70,88)(H,71,89)(H,73,80)/b42-28-/t32?,35-,38?,39?,44?,45-,46-,47+,48?,49?,50?,51?,52-,53?,54+,55+,56?,57?,58?,59?,60?,64-,65-,66+/m1/s1. The van der Waals surface area contributed by atoms with Crippen molar-refractivity contribution in [1.29, 1.82) is 0 Å². The second kappa shape index (κ2) is 33.5. The van der Waals surface area contributed by atoms with Gasteiger partial charge in [0.1, 0.15) is 90.5 Å². The number of nitrogens with zero attached hydrogens (tertiary/aromatic N) is 4. The summed E-state index contributed by atoms with van der Waals surface area (Å²) in [4.78, 5) is 58.1. The molecule has 31 heteroatoms. The number of aliphatic hydroxyl groups is 9. The first-order chi connectivity index (χ1) is 46.5. The van der Waals surface area contributed by atoms with Crippen LogP contribution in [0.25, 0.3) is 17.0 Å². The van der Waals surface area contributed by atoms with Gasteiger partial charge < -0.3 is 111 Å². The number of benzene rings is 2. The Kier molecular flexibility index (Phi) is 25.4. The average Bonchev–Trinajstić information content (AvgIpc) is 1.59. The minimum Gasteiger partial charge on any atom is -0.397 e. The molecule has 3 aromatic rings. The third-order valence-electron chi connectivity index (χ3n) is 20.2. The summed E-state index contributed by atoms with van der Waals surface area (Å²) in [7, 11) is 0. The van der Waals surface area contributed by atoms with Gasteiger partial charge in [0.25, 0.3) is 5.91 Å². The van der Waals surface area contributed by atoms with Crippen molar-refractivity contribution in [2.24, 2.45) is 29.4 Å². The highest BCUT2D eigenvalue weighted by molar-refractivity contribution is 5.82. The van der Waals surface area contributed by atoms with E-state index in [1.165, 1.54) is 67.3 Å². The quantitative estimate of drug-likeness (QED) is 0.0456. The number of ether oxygens (including phenoxy) is 7. The second-order valence-electron chi connectivity index (χ2n) is 26.8. The molecule has 7 fully saturated rings. The summed E-state index contributed by atoms with van der Waals surface area (Å²) in [6, 6.07) is 7.31. The van der Waals surface area contributed by atoms with Gasteiger partial charge >= 0.3 is 0 Å². The molecule has 2 aromatic carbocycles. The maximum absolute atomic E-state index is 14.6. The normalized spacial score (nSPS) is 36.2. The number of hydrogen-bond acceptors (Lipinski definition) is 24. The number of likely N-dealkylation sites (tertiary alicyclic amines) is 1. The van der Waals surface area contributed by atoms with Crippen molar-refractivity contribution < 1.29 is 107 Å². The number of aromatic nitrogens is 3. The SMILES string of the molecule is CC[C@@H]1CC(C(=O)NCCNC(=O)C2CC(n3cc(-c4cccc(F)c4)nn3)C(O)[C@H](O[C@@H]3OC(CO)[C@H](O)C(N/C=C(\N)c4cccc(F)c4)C3O)C2)C[C@@H](O[C@@H]2OC(CO)[C@H](O)C(O[C@@H](CC3CCCCC3)C(=O)N3CCC3)C2NC(C)=O)C1O[C@@H]1OC(C)[C@@H](O)C(O)C1O. The highest BCUT2D eigenvalue weighted by Gasteiger charge is 2.54. The Morgan fingerprint density at radius 1 is 0.711 bits per heavy atom. The van der Waals surface area contributed by atoms with Crippen LogP contribution in [0.1, 0.15) is 109 Å². The Bertz CT molecular complexity index is 3130. The fraction of sp³-hybridized carbons (Fsp3) is 0.697. The zero-order valence-corrected chi connectivity index (χ0v) is 54.6. The van der Waals surface area contributed by atoms with Crippen LogP contribution >= 0.6 is 0 Å². The van der Waals surface area contributed by atoms with Crippen LogP contribution in [0.15, 0.2) is 60.9 Å². The summed E-state index contributed by atoms with van der Waals surface area (Å²) >= 11 is 0. The number of carbonyl (C=O) groups excluding carboxylic acids is 4. The van der Waals surface area contributed by atoms with E-state index in [1.54, 1.807) is 17.0 Å². The van der Waals surface area contributed by atoms with Crippen molar-refractivity contribution >= 4 is 29.3 Å². The Labute approximate surface area is 560 Å². The van der Waals surface area contributed by atoms with Gasteiger partial charge in [0.05, 0.1) is 61.6 Å². The molecule has 0 spiro atoms. The van der Waals surface area contributed by atoms with E-state index < -0.39 is 189 Å². The lowest BCUT2D eigenvalue weighted by molar-refractivity contribution is -0.338. The first kappa shape index (κ1) is 73.7. The lowest BCUT2D eigenvalue weighted by Gasteiger charge is -2.49. The minimum absolute atomic E-state index is 0.0365. The second-order valence-corrected chi connectivity index (χ2v) is 26.8. The predicted octanol–water partition coefficient (Wildman–Crippen LogP) is -0.919. The smallest absolute Gasteiger partial charge is 0.251 e. The largest absolute Gasteiger partial charge is 0.397 e. The number of carbonyl (C=O) groups is 4. The van der Waals surface area contributed by atoms with Gasteiger partial charge in [0.2, 0.25) is 17.7 Å². The van der Waals surface area contributed by atoms with Crippen LogP contribution in [-0.2, 0) is 52.3 Å². The number of nitrogens with one attached hydrogen (secondary N) is 4. The number of rotatable bonds is 25. The van der Waals surface area contributed by atoms with Crippen LogP contribution < -0.4 is 27.0 Å². The summed E-state index contributed by atoms with van der Waals surface area (Å²) in [6.45, 7) is 3.90. The van der Waals surface area contributed by atoms with Crippen molar-refractivity contribution in [1.82, 2.24) is 41.2 Å². The summed E-state index contributed by atoms with van der Waals surface area (Å²) in [5.74, 6) is -5.19. The Hall–Kier alpha value is -5.98. The molecule has 10 rings (SSSR count). The molecule has 0 radical (unpaired) electrons. The molecule has 5 heterocycles. The highest BCUT2D eigenvalue weighted by Crippen LogP contribution is 2.42. The predicted molar refractivity (Wildman–Crippen MR) is 336 cm³/mol. The van der Waals surface area contributed by atoms with Gasteiger partial charge in [-0.05, 0) is 81.5 Å². The molecule has 15 N–H and O–H groups in total. The molecule has 97 heavy (non-hydrogen) atoms. The van der Waals surface area contributed by atoms with E-state index in [-0.39, 0.29) is 67.6 Å². The summed E-state index contributed by atoms with van der Waals surface area (Å²) in [6.07, 6.45) is -16.7. The third kappa shape index (κ3) is 17.6. The molecule has 4 amide bonds. The van der Waals surface area contributed by atoms with Crippen molar-refractivity contribution in [2.45, 2.75) is 226 Å². The van der Waals surface area contributed by atoms with Crippen LogP contribution in [0.2, 0.25) is 0 Å². The van der Waals surface area contributed by atoms with Crippen LogP contribution in [0.3, 0.4) is 0 Å². The average molecular weight is 1370 g/mol. The lowest BCUT2D eigenvalue weighted by atomic mass is 9.75. The fourth-order valence-electron chi connectivity index (χ4n) is 14.5. The molecule has 538 valence electrons. The summed E-state index contributed by atoms with van der Waals surface area (Å²) in [5, 5.41) is 121. The number of nitrogens with two attached hydrogens (primary N) is 1. The summed E-state index contributed by atoms with van der Waals surface area (Å²) in [5.41, 5.74) is 7.15. The zero-order valence-electron chi connectivity index (χ0n) is 54.6. The maximum Gasteiger partial charge on any atom is 0.251 e. The van der Waals surface area contributed by atoms with E-state index in [4.69, 9.17) is 38.9 Å². The molecule has 4 aliphatic heterocycles. The molecule has 7 aliphatic rings. The lowest BCUT2D eigenvalue weighted by Crippen LogP contribution is -2.67. The minimum atomic E-state index is -1.74. The van der Waals surface area contributed by atoms with Gasteiger partial charge in [-0.1, -0.05) is 74.9 Å². The van der Waals surface area contributed by atoms with E-state index in [1.807, 2.05) is 6.92 Å². The monoisotopic (exact) mass is 1370 g/mol. The molecule has 3 aliphatic carbocycles. The molecule has 3 saturated carbocycles. The van der Waals surface area contributed by atoms with Crippen LogP contribution in [0.4, 0.5) is 8.78 Å².